The number of rotatable bonds is 14. The van der Waals surface area contributed by atoms with E-state index in [0.29, 0.717) is 11.6 Å². The molecule has 43 heavy (non-hydrogen) atoms. The third-order valence-corrected chi connectivity index (χ3v) is 9.06. The number of halogens is 1. The first-order valence-electron chi connectivity index (χ1n) is 14.3. The van der Waals surface area contributed by atoms with E-state index in [-0.39, 0.29) is 29.5 Å². The fraction of sp³-hybridized carbons (Fsp3) is 0.235. The van der Waals surface area contributed by atoms with Crippen LogP contribution in [0.15, 0.2) is 120 Å². The molecule has 0 bridgehead atoms. The Bertz CT molecular complexity index is 1570. The number of carbonyl (C=O) groups is 2. The fourth-order valence-corrected chi connectivity index (χ4v) is 6.26. The zero-order valence-electron chi connectivity index (χ0n) is 24.1. The van der Waals surface area contributed by atoms with Crippen LogP contribution in [-0.2, 0) is 32.6 Å². The molecule has 0 aromatic heterocycles. The van der Waals surface area contributed by atoms with Crippen LogP contribution in [0.5, 0.6) is 0 Å². The minimum Gasteiger partial charge on any atom is -0.354 e. The summed E-state index contributed by atoms with van der Waals surface area (Å²) in [5, 5.41) is 3.43. The molecule has 224 valence electrons. The summed E-state index contributed by atoms with van der Waals surface area (Å²) >= 11 is 6.11. The van der Waals surface area contributed by atoms with Gasteiger partial charge in [-0.05, 0) is 53.9 Å². The van der Waals surface area contributed by atoms with E-state index < -0.39 is 28.5 Å². The lowest BCUT2D eigenvalue weighted by molar-refractivity contribution is -0.140. The van der Waals surface area contributed by atoms with E-state index in [1.54, 1.807) is 42.5 Å². The second kappa shape index (κ2) is 15.4. The van der Waals surface area contributed by atoms with Gasteiger partial charge in [0.1, 0.15) is 12.6 Å². The van der Waals surface area contributed by atoms with Crippen LogP contribution < -0.4 is 9.62 Å². The molecule has 7 nitrogen and oxygen atoms in total. The quantitative estimate of drug-likeness (QED) is 0.174. The van der Waals surface area contributed by atoms with Crippen molar-refractivity contribution in [1.29, 1.82) is 0 Å². The summed E-state index contributed by atoms with van der Waals surface area (Å²) < 4.78 is 29.0. The number of anilines is 1. The smallest absolute Gasteiger partial charge is 0.264 e. The maximum atomic E-state index is 14.4. The molecule has 0 saturated heterocycles. The lowest BCUT2D eigenvalue weighted by Gasteiger charge is -2.34. The van der Waals surface area contributed by atoms with Crippen molar-refractivity contribution in [2.24, 2.45) is 0 Å². The molecule has 4 rings (SSSR count). The van der Waals surface area contributed by atoms with Crippen LogP contribution >= 0.6 is 11.6 Å². The molecule has 2 amide bonds. The van der Waals surface area contributed by atoms with Gasteiger partial charge in [0.15, 0.2) is 0 Å². The molecule has 1 atom stereocenters. The van der Waals surface area contributed by atoms with Crippen LogP contribution in [0.1, 0.15) is 30.9 Å². The summed E-state index contributed by atoms with van der Waals surface area (Å²) in [4.78, 5) is 29.6. The van der Waals surface area contributed by atoms with Gasteiger partial charge in [-0.1, -0.05) is 104 Å². The molecule has 0 spiro atoms. The third-order valence-electron chi connectivity index (χ3n) is 7.02. The second-order valence-corrected chi connectivity index (χ2v) is 12.5. The van der Waals surface area contributed by atoms with Crippen molar-refractivity contribution in [3.8, 4) is 0 Å². The Morgan fingerprint density at radius 2 is 1.35 bits per heavy atom. The molecule has 0 unspecified atom stereocenters. The molecule has 0 radical (unpaired) electrons. The number of nitrogens with zero attached hydrogens (tertiary/aromatic N) is 2. The van der Waals surface area contributed by atoms with E-state index >= 15 is 0 Å². The van der Waals surface area contributed by atoms with Gasteiger partial charge in [-0.2, -0.15) is 0 Å². The lowest BCUT2D eigenvalue weighted by atomic mass is 10.0. The van der Waals surface area contributed by atoms with Crippen molar-refractivity contribution in [2.45, 2.75) is 43.7 Å². The normalized spacial score (nSPS) is 11.9. The largest absolute Gasteiger partial charge is 0.354 e. The fourth-order valence-electron chi connectivity index (χ4n) is 4.70. The maximum Gasteiger partial charge on any atom is 0.264 e. The van der Waals surface area contributed by atoms with Gasteiger partial charge >= 0.3 is 0 Å². The molecular formula is C34H36ClN3O4S. The van der Waals surface area contributed by atoms with E-state index in [1.807, 2.05) is 67.6 Å². The van der Waals surface area contributed by atoms with Crippen molar-refractivity contribution < 1.29 is 18.0 Å². The van der Waals surface area contributed by atoms with Crippen LogP contribution in [0.4, 0.5) is 5.69 Å². The first-order valence-corrected chi connectivity index (χ1v) is 16.1. The summed E-state index contributed by atoms with van der Waals surface area (Å²) in [6.07, 6.45) is 1.98. The topological polar surface area (TPSA) is 86.8 Å². The predicted molar refractivity (Wildman–Crippen MR) is 171 cm³/mol. The highest BCUT2D eigenvalue weighted by Crippen LogP contribution is 2.26. The number of unbranched alkanes of at least 4 members (excludes halogenated alkanes) is 1. The van der Waals surface area contributed by atoms with Crippen molar-refractivity contribution in [3.63, 3.8) is 0 Å². The van der Waals surface area contributed by atoms with Gasteiger partial charge in [0.25, 0.3) is 10.0 Å². The number of amides is 2. The molecule has 0 aliphatic heterocycles. The molecule has 0 aliphatic rings. The van der Waals surface area contributed by atoms with Gasteiger partial charge < -0.3 is 10.2 Å². The molecule has 0 aliphatic carbocycles. The van der Waals surface area contributed by atoms with Crippen LogP contribution in [0.25, 0.3) is 0 Å². The Hall–Kier alpha value is -4.14. The average Bonchev–Trinajstić information content (AvgIpc) is 3.03. The van der Waals surface area contributed by atoms with E-state index in [4.69, 9.17) is 11.6 Å². The Morgan fingerprint density at radius 1 is 0.791 bits per heavy atom. The summed E-state index contributed by atoms with van der Waals surface area (Å²) in [6, 6.07) is 32.3. The number of hydrogen-bond acceptors (Lipinski definition) is 4. The van der Waals surface area contributed by atoms with Crippen molar-refractivity contribution in [3.05, 3.63) is 131 Å². The van der Waals surface area contributed by atoms with Crippen molar-refractivity contribution >= 4 is 39.1 Å². The van der Waals surface area contributed by atoms with Crippen molar-refractivity contribution in [2.75, 3.05) is 17.4 Å². The van der Waals surface area contributed by atoms with E-state index in [9.17, 15) is 18.0 Å². The summed E-state index contributed by atoms with van der Waals surface area (Å²) in [5.41, 5.74) is 1.99. The molecule has 4 aromatic carbocycles. The van der Waals surface area contributed by atoms with E-state index in [0.717, 1.165) is 28.3 Å². The van der Waals surface area contributed by atoms with Crippen LogP contribution in [0, 0.1) is 0 Å². The molecule has 0 heterocycles. The summed E-state index contributed by atoms with van der Waals surface area (Å²) in [5.74, 6) is -0.796. The maximum absolute atomic E-state index is 14.4. The van der Waals surface area contributed by atoms with Gasteiger partial charge in [-0.15, -0.1) is 0 Å². The standard InChI is InChI=1S/C34H36ClN3O4S/c1-2-3-23-36-34(40)32(24-27-13-7-4-8-14-27)37(25-28-15-9-5-10-16-28)33(39)26-38(30-21-19-29(35)20-22-30)43(41,42)31-17-11-6-12-18-31/h4-22,32H,2-3,23-26H2,1H3,(H,36,40)/t32-/m0/s1. The first kappa shape index (κ1) is 31.8. The van der Waals surface area contributed by atoms with E-state index in [1.165, 1.54) is 17.0 Å². The summed E-state index contributed by atoms with van der Waals surface area (Å²) in [7, 11) is -4.15. The highest BCUT2D eigenvalue weighted by atomic mass is 35.5. The lowest BCUT2D eigenvalue weighted by Crippen LogP contribution is -2.53. The minimum absolute atomic E-state index is 0.0468. The monoisotopic (exact) mass is 617 g/mol. The van der Waals surface area contributed by atoms with Gasteiger partial charge in [0, 0.05) is 24.5 Å². The highest BCUT2D eigenvalue weighted by molar-refractivity contribution is 7.92. The highest BCUT2D eigenvalue weighted by Gasteiger charge is 2.34. The van der Waals surface area contributed by atoms with Crippen LogP contribution in [0.2, 0.25) is 5.02 Å². The molecule has 1 N–H and O–H groups in total. The Balaban J connectivity index is 1.76. The number of carbonyl (C=O) groups excluding carboxylic acids is 2. The first-order chi connectivity index (χ1) is 20.8. The van der Waals surface area contributed by atoms with Gasteiger partial charge in [-0.3, -0.25) is 13.9 Å². The van der Waals surface area contributed by atoms with Gasteiger partial charge in [0.2, 0.25) is 11.8 Å². The van der Waals surface area contributed by atoms with Crippen molar-refractivity contribution in [1.82, 2.24) is 10.2 Å². The predicted octanol–water partition coefficient (Wildman–Crippen LogP) is 6.09. The number of hydrogen-bond donors (Lipinski definition) is 1. The van der Waals surface area contributed by atoms with Gasteiger partial charge in [-0.25, -0.2) is 8.42 Å². The molecule has 0 saturated carbocycles. The second-order valence-electron chi connectivity index (χ2n) is 10.2. The third kappa shape index (κ3) is 8.69. The Morgan fingerprint density at radius 3 is 1.93 bits per heavy atom. The number of benzene rings is 4. The molecule has 0 fully saturated rings. The number of sulfonamides is 1. The zero-order chi connectivity index (χ0) is 30.7. The van der Waals surface area contributed by atoms with E-state index in [2.05, 4.69) is 5.32 Å². The molecule has 9 heteroatoms. The SMILES string of the molecule is CCCCNC(=O)[C@H](Cc1ccccc1)N(Cc1ccccc1)C(=O)CN(c1ccc(Cl)cc1)S(=O)(=O)c1ccccc1. The summed E-state index contributed by atoms with van der Waals surface area (Å²) in [6.45, 7) is 2.13. The van der Waals surface area contributed by atoms with Gasteiger partial charge in [0.05, 0.1) is 10.6 Å². The molecule has 4 aromatic rings. The zero-order valence-corrected chi connectivity index (χ0v) is 25.7. The Kier molecular flexibility index (Phi) is 11.4. The minimum atomic E-state index is -4.15. The Labute approximate surface area is 259 Å². The van der Waals surface area contributed by atoms with Crippen LogP contribution in [-0.4, -0.2) is 44.3 Å². The molecular weight excluding hydrogens is 582 g/mol. The number of nitrogens with one attached hydrogen (secondary N) is 1. The van der Waals surface area contributed by atoms with Crippen LogP contribution in [0.3, 0.4) is 0 Å². The average molecular weight is 618 g/mol.